The van der Waals surface area contributed by atoms with Gasteiger partial charge in [-0.05, 0) is 54.1 Å². The average Bonchev–Trinajstić information content (AvgIpc) is 3.22. The zero-order valence-corrected chi connectivity index (χ0v) is 16.2. The Labute approximate surface area is 167 Å². The predicted molar refractivity (Wildman–Crippen MR) is 109 cm³/mol. The van der Waals surface area contributed by atoms with Gasteiger partial charge in [-0.2, -0.15) is 4.68 Å². The molecule has 4 rings (SSSR count). The van der Waals surface area contributed by atoms with Crippen LogP contribution in [0.2, 0.25) is 0 Å². The molecule has 3 aromatic rings. The van der Waals surface area contributed by atoms with Crippen LogP contribution in [0.4, 0.5) is 0 Å². The minimum absolute atomic E-state index is 0.0283. The van der Waals surface area contributed by atoms with E-state index in [4.69, 9.17) is 0 Å². The number of piperidine rings is 1. The summed E-state index contributed by atoms with van der Waals surface area (Å²) in [7, 11) is 0. The van der Waals surface area contributed by atoms with Crippen LogP contribution in [0.15, 0.2) is 59.5 Å². The Morgan fingerprint density at radius 1 is 1.18 bits per heavy atom. The molecule has 1 aliphatic heterocycles. The third-order valence-electron chi connectivity index (χ3n) is 4.66. The van der Waals surface area contributed by atoms with Crippen LogP contribution in [0.5, 0.6) is 0 Å². The minimum Gasteiger partial charge on any atom is -0.348 e. The van der Waals surface area contributed by atoms with Crippen LogP contribution in [0.1, 0.15) is 29.0 Å². The van der Waals surface area contributed by atoms with E-state index in [0.29, 0.717) is 11.3 Å². The van der Waals surface area contributed by atoms with Crippen molar-refractivity contribution in [2.45, 2.75) is 29.5 Å². The summed E-state index contributed by atoms with van der Waals surface area (Å²) >= 11 is 1.56. The molecular formula is C20H22N6OS. The van der Waals surface area contributed by atoms with E-state index in [9.17, 15) is 4.79 Å². The molecule has 7 nitrogen and oxygen atoms in total. The molecule has 0 aliphatic carbocycles. The second-order valence-electron chi connectivity index (χ2n) is 6.64. The van der Waals surface area contributed by atoms with E-state index in [2.05, 4.69) is 26.2 Å². The fourth-order valence-electron chi connectivity index (χ4n) is 3.23. The van der Waals surface area contributed by atoms with E-state index >= 15 is 0 Å². The smallest absolute Gasteiger partial charge is 0.252 e. The second-order valence-corrected chi connectivity index (χ2v) is 7.66. The van der Waals surface area contributed by atoms with Gasteiger partial charge >= 0.3 is 0 Å². The van der Waals surface area contributed by atoms with Crippen molar-refractivity contribution >= 4 is 17.7 Å². The summed E-state index contributed by atoms with van der Waals surface area (Å²) in [5, 5.41) is 18.5. The molecule has 2 aromatic carbocycles. The third-order valence-corrected chi connectivity index (χ3v) is 5.72. The van der Waals surface area contributed by atoms with Crippen molar-refractivity contribution in [2.24, 2.45) is 0 Å². The summed E-state index contributed by atoms with van der Waals surface area (Å²) in [6, 6.07) is 17.6. The molecule has 0 saturated carbocycles. The maximum atomic E-state index is 12.8. The lowest BCUT2D eigenvalue weighted by molar-refractivity contribution is 0.0927. The molecule has 28 heavy (non-hydrogen) atoms. The average molecular weight is 395 g/mol. The summed E-state index contributed by atoms with van der Waals surface area (Å²) in [5.74, 6) is 1.28. The topological polar surface area (TPSA) is 84.7 Å². The van der Waals surface area contributed by atoms with Gasteiger partial charge in [0.15, 0.2) is 5.82 Å². The summed E-state index contributed by atoms with van der Waals surface area (Å²) in [6.07, 6.45) is 2.10. The van der Waals surface area contributed by atoms with E-state index in [1.165, 1.54) is 0 Å². The van der Waals surface area contributed by atoms with Crippen LogP contribution in [-0.2, 0) is 5.75 Å². The van der Waals surface area contributed by atoms with Gasteiger partial charge in [0.25, 0.3) is 5.91 Å². The van der Waals surface area contributed by atoms with E-state index in [-0.39, 0.29) is 11.9 Å². The number of benzene rings is 2. The number of hydrogen-bond acceptors (Lipinski definition) is 6. The molecule has 8 heteroatoms. The van der Waals surface area contributed by atoms with E-state index in [1.807, 2.05) is 54.6 Å². The zero-order valence-electron chi connectivity index (χ0n) is 15.4. The predicted octanol–water partition coefficient (Wildman–Crippen LogP) is 2.44. The monoisotopic (exact) mass is 394 g/mol. The van der Waals surface area contributed by atoms with Crippen LogP contribution in [0.25, 0.3) is 5.69 Å². The molecule has 1 fully saturated rings. The Kier molecular flexibility index (Phi) is 5.98. The van der Waals surface area contributed by atoms with Crippen molar-refractivity contribution in [1.29, 1.82) is 0 Å². The first-order valence-electron chi connectivity index (χ1n) is 9.37. The summed E-state index contributed by atoms with van der Waals surface area (Å²) in [4.78, 5) is 13.7. The normalized spacial score (nSPS) is 16.6. The lowest BCUT2D eigenvalue weighted by Gasteiger charge is -2.24. The largest absolute Gasteiger partial charge is 0.348 e. The number of hydrogen-bond donors (Lipinski definition) is 2. The number of rotatable bonds is 6. The second kappa shape index (κ2) is 8.99. The number of tetrazole rings is 1. The highest BCUT2D eigenvalue weighted by atomic mass is 32.2. The minimum atomic E-state index is -0.0283. The van der Waals surface area contributed by atoms with Gasteiger partial charge in [0.05, 0.1) is 17.0 Å². The van der Waals surface area contributed by atoms with Gasteiger partial charge in [-0.1, -0.05) is 30.3 Å². The molecule has 1 saturated heterocycles. The highest BCUT2D eigenvalue weighted by molar-refractivity contribution is 7.98. The van der Waals surface area contributed by atoms with E-state index in [0.717, 1.165) is 42.3 Å². The van der Waals surface area contributed by atoms with Crippen LogP contribution in [0.3, 0.4) is 0 Å². The summed E-state index contributed by atoms with van der Waals surface area (Å²) < 4.78 is 1.73. The summed E-state index contributed by atoms with van der Waals surface area (Å²) in [6.45, 7) is 1.85. The number of amides is 1. The van der Waals surface area contributed by atoms with Gasteiger partial charge in [0.2, 0.25) is 0 Å². The first-order chi connectivity index (χ1) is 13.8. The lowest BCUT2D eigenvalue weighted by Crippen LogP contribution is -2.45. The Balaban J connectivity index is 1.46. The molecular weight excluding hydrogens is 372 g/mol. The zero-order chi connectivity index (χ0) is 19.2. The number of thioether (sulfide) groups is 1. The molecule has 2 N–H and O–H groups in total. The Morgan fingerprint density at radius 3 is 2.82 bits per heavy atom. The van der Waals surface area contributed by atoms with Crippen molar-refractivity contribution in [3.05, 3.63) is 66.0 Å². The van der Waals surface area contributed by atoms with Crippen molar-refractivity contribution in [3.63, 3.8) is 0 Å². The number of aromatic nitrogens is 4. The molecule has 144 valence electrons. The highest BCUT2D eigenvalue weighted by Gasteiger charge is 2.19. The SMILES string of the molecule is O=C(N[C@H]1CCCNC1)c1ccccc1SCc1nnnn1-c1ccccc1. The maximum Gasteiger partial charge on any atom is 0.252 e. The number of carbonyl (C=O) groups is 1. The molecule has 0 spiro atoms. The highest BCUT2D eigenvalue weighted by Crippen LogP contribution is 2.26. The van der Waals surface area contributed by atoms with E-state index in [1.54, 1.807) is 16.4 Å². The van der Waals surface area contributed by atoms with Gasteiger partial charge in [-0.25, -0.2) is 0 Å². The standard InChI is InChI=1S/C20H22N6OS/c27-20(22-15-7-6-12-21-13-15)17-10-4-5-11-18(17)28-14-19-23-24-25-26(19)16-8-2-1-3-9-16/h1-5,8-11,15,21H,6-7,12-14H2,(H,22,27)/t15-/m0/s1. The quantitative estimate of drug-likeness (QED) is 0.625. The van der Waals surface area contributed by atoms with Crippen molar-refractivity contribution in [1.82, 2.24) is 30.8 Å². The molecule has 1 aromatic heterocycles. The Morgan fingerprint density at radius 2 is 2.00 bits per heavy atom. The number of nitrogens with zero attached hydrogens (tertiary/aromatic N) is 4. The third kappa shape index (κ3) is 4.40. The van der Waals surface area contributed by atoms with Gasteiger partial charge in [0.1, 0.15) is 0 Å². The van der Waals surface area contributed by atoms with Gasteiger partial charge in [-0.15, -0.1) is 16.9 Å². The molecule has 2 heterocycles. The molecule has 0 bridgehead atoms. The molecule has 0 unspecified atom stereocenters. The Hall–Kier alpha value is -2.71. The fourth-order valence-corrected chi connectivity index (χ4v) is 4.18. The van der Waals surface area contributed by atoms with Crippen LogP contribution in [-0.4, -0.2) is 45.2 Å². The van der Waals surface area contributed by atoms with Crippen molar-refractivity contribution in [2.75, 3.05) is 13.1 Å². The van der Waals surface area contributed by atoms with E-state index < -0.39 is 0 Å². The van der Waals surface area contributed by atoms with Crippen molar-refractivity contribution < 1.29 is 4.79 Å². The van der Waals surface area contributed by atoms with Crippen molar-refractivity contribution in [3.8, 4) is 5.69 Å². The number of nitrogens with one attached hydrogen (secondary N) is 2. The first kappa shape index (κ1) is 18.6. The van der Waals surface area contributed by atoms with Crippen LogP contribution < -0.4 is 10.6 Å². The lowest BCUT2D eigenvalue weighted by atomic mass is 10.1. The van der Waals surface area contributed by atoms with Gasteiger partial charge in [0, 0.05) is 17.5 Å². The number of para-hydroxylation sites is 1. The summed E-state index contributed by atoms with van der Waals surface area (Å²) in [5.41, 5.74) is 1.61. The molecule has 1 aliphatic rings. The maximum absolute atomic E-state index is 12.8. The van der Waals surface area contributed by atoms with Crippen LogP contribution in [0, 0.1) is 0 Å². The van der Waals surface area contributed by atoms with Gasteiger partial charge in [-0.3, -0.25) is 4.79 Å². The Bertz CT molecular complexity index is 923. The molecule has 1 amide bonds. The van der Waals surface area contributed by atoms with Crippen LogP contribution >= 0.6 is 11.8 Å². The fraction of sp³-hybridized carbons (Fsp3) is 0.300. The first-order valence-corrected chi connectivity index (χ1v) is 10.4. The number of carbonyl (C=O) groups excluding carboxylic acids is 1. The molecule has 0 radical (unpaired) electrons. The molecule has 1 atom stereocenters. The van der Waals surface area contributed by atoms with Gasteiger partial charge < -0.3 is 10.6 Å².